The molecular weight excluding hydrogens is 197 g/mol. The Morgan fingerprint density at radius 3 is 2.33 bits per heavy atom. The molecule has 0 rings (SSSR count). The molecule has 0 aliphatic carbocycles. The molecule has 1 atom stereocenters. The Morgan fingerprint density at radius 1 is 1.58 bits per heavy atom. The largest absolute Gasteiger partial charge is 0.452 e. The Hall–Kier alpha value is -0.450. The van der Waals surface area contributed by atoms with Crippen molar-refractivity contribution < 1.29 is 22.7 Å². The molecule has 0 aromatic carbocycles. The number of carbonyl (C=O) groups is 1. The molecule has 0 N–H and O–H groups in total. The summed E-state index contributed by atoms with van der Waals surface area (Å²) in [6.45, 7) is 1.28. The minimum absolute atomic E-state index is 0.299. The van der Waals surface area contributed by atoms with Crippen LogP contribution in [0.25, 0.3) is 0 Å². The highest BCUT2D eigenvalue weighted by Gasteiger charge is 2.41. The summed E-state index contributed by atoms with van der Waals surface area (Å²) in [5.41, 5.74) is 0. The SMILES string of the molecule is CCC(OC(=O)CCl)C(F)(F)F. The van der Waals surface area contributed by atoms with Gasteiger partial charge >= 0.3 is 12.1 Å². The Kier molecular flexibility index (Phi) is 4.37. The van der Waals surface area contributed by atoms with Crippen LogP contribution in [0.4, 0.5) is 13.2 Å². The van der Waals surface area contributed by atoms with Gasteiger partial charge in [0.1, 0.15) is 5.88 Å². The fourth-order valence-corrected chi connectivity index (χ4v) is 0.635. The summed E-state index contributed by atoms with van der Waals surface area (Å²) in [5.74, 6) is -1.62. The van der Waals surface area contributed by atoms with E-state index in [9.17, 15) is 18.0 Å². The van der Waals surface area contributed by atoms with Gasteiger partial charge in [0.25, 0.3) is 0 Å². The van der Waals surface area contributed by atoms with Crippen molar-refractivity contribution in [3.63, 3.8) is 0 Å². The molecule has 0 bridgehead atoms. The Labute approximate surface area is 72.6 Å². The zero-order valence-electron chi connectivity index (χ0n) is 6.32. The van der Waals surface area contributed by atoms with Crippen molar-refractivity contribution in [3.8, 4) is 0 Å². The molecular formula is C6H8ClF3O2. The van der Waals surface area contributed by atoms with Crippen LogP contribution in [0, 0.1) is 0 Å². The third kappa shape index (κ3) is 3.80. The third-order valence-electron chi connectivity index (χ3n) is 1.12. The van der Waals surface area contributed by atoms with Gasteiger partial charge in [-0.05, 0) is 6.42 Å². The van der Waals surface area contributed by atoms with Crippen LogP contribution < -0.4 is 0 Å². The lowest BCUT2D eigenvalue weighted by Crippen LogP contribution is -2.33. The van der Waals surface area contributed by atoms with Gasteiger partial charge in [-0.15, -0.1) is 11.6 Å². The highest BCUT2D eigenvalue weighted by Crippen LogP contribution is 2.25. The van der Waals surface area contributed by atoms with E-state index in [-0.39, 0.29) is 6.42 Å². The van der Waals surface area contributed by atoms with Crippen LogP contribution in [0.15, 0.2) is 0 Å². The zero-order valence-corrected chi connectivity index (χ0v) is 7.08. The average molecular weight is 205 g/mol. The molecule has 1 unspecified atom stereocenters. The maximum Gasteiger partial charge on any atom is 0.425 e. The first-order chi connectivity index (χ1) is 5.41. The lowest BCUT2D eigenvalue weighted by atomic mass is 10.3. The van der Waals surface area contributed by atoms with Gasteiger partial charge in [0.2, 0.25) is 0 Å². The van der Waals surface area contributed by atoms with E-state index in [1.807, 2.05) is 0 Å². The summed E-state index contributed by atoms with van der Waals surface area (Å²) in [6.07, 6.45) is -6.84. The van der Waals surface area contributed by atoms with Crippen LogP contribution in [-0.2, 0) is 9.53 Å². The van der Waals surface area contributed by atoms with Crippen LogP contribution >= 0.6 is 11.6 Å². The van der Waals surface area contributed by atoms with E-state index in [2.05, 4.69) is 4.74 Å². The van der Waals surface area contributed by atoms with Crippen molar-refractivity contribution in [2.75, 3.05) is 5.88 Å². The minimum atomic E-state index is -4.50. The fraction of sp³-hybridized carbons (Fsp3) is 0.833. The number of ether oxygens (including phenoxy) is 1. The first-order valence-electron chi connectivity index (χ1n) is 3.24. The summed E-state index contributed by atoms with van der Waals surface area (Å²) < 4.78 is 39.7. The number of rotatable bonds is 3. The Bertz CT molecular complexity index is 157. The number of halogens is 4. The van der Waals surface area contributed by atoms with Crippen LogP contribution in [0.2, 0.25) is 0 Å². The standard InChI is InChI=1S/C6H8ClF3O2/c1-2-4(6(8,9)10)12-5(11)3-7/h4H,2-3H2,1H3. The molecule has 2 nitrogen and oxygen atoms in total. The second-order valence-electron chi connectivity index (χ2n) is 2.06. The molecule has 0 amide bonds. The first-order valence-corrected chi connectivity index (χ1v) is 3.77. The molecule has 0 saturated heterocycles. The van der Waals surface area contributed by atoms with E-state index in [4.69, 9.17) is 11.6 Å². The van der Waals surface area contributed by atoms with Gasteiger partial charge in [0.05, 0.1) is 0 Å². The van der Waals surface area contributed by atoms with Gasteiger partial charge in [0, 0.05) is 0 Å². The van der Waals surface area contributed by atoms with Gasteiger partial charge in [-0.2, -0.15) is 13.2 Å². The van der Waals surface area contributed by atoms with Gasteiger partial charge < -0.3 is 4.74 Å². The Balaban J connectivity index is 4.09. The molecule has 0 aromatic heterocycles. The van der Waals surface area contributed by atoms with E-state index in [0.717, 1.165) is 0 Å². The van der Waals surface area contributed by atoms with Crippen molar-refractivity contribution in [2.24, 2.45) is 0 Å². The van der Waals surface area contributed by atoms with Crippen LogP contribution in [0.5, 0.6) is 0 Å². The average Bonchev–Trinajstić information content (AvgIpc) is 1.97. The number of carbonyl (C=O) groups excluding carboxylic acids is 1. The van der Waals surface area contributed by atoms with Gasteiger partial charge in [0.15, 0.2) is 6.10 Å². The van der Waals surface area contributed by atoms with Crippen LogP contribution in [0.1, 0.15) is 13.3 Å². The van der Waals surface area contributed by atoms with E-state index >= 15 is 0 Å². The van der Waals surface area contributed by atoms with E-state index < -0.39 is 24.1 Å². The molecule has 0 aliphatic rings. The number of esters is 1. The summed E-state index contributed by atoms with van der Waals surface area (Å²) in [6, 6.07) is 0. The van der Waals surface area contributed by atoms with Crippen molar-refractivity contribution in [1.82, 2.24) is 0 Å². The normalized spacial score (nSPS) is 14.1. The third-order valence-corrected chi connectivity index (χ3v) is 1.34. The molecule has 0 saturated carbocycles. The molecule has 0 fully saturated rings. The molecule has 72 valence electrons. The molecule has 6 heteroatoms. The van der Waals surface area contributed by atoms with Crippen molar-refractivity contribution in [3.05, 3.63) is 0 Å². The second kappa shape index (κ2) is 4.54. The summed E-state index contributed by atoms with van der Waals surface area (Å²) in [5, 5.41) is 0. The van der Waals surface area contributed by atoms with Crippen LogP contribution in [-0.4, -0.2) is 24.1 Å². The quantitative estimate of drug-likeness (QED) is 0.520. The topological polar surface area (TPSA) is 26.3 Å². The Morgan fingerprint density at radius 2 is 2.08 bits per heavy atom. The maximum absolute atomic E-state index is 11.9. The van der Waals surface area contributed by atoms with Gasteiger partial charge in [-0.1, -0.05) is 6.92 Å². The summed E-state index contributed by atoms with van der Waals surface area (Å²) >= 11 is 4.96. The zero-order chi connectivity index (χ0) is 9.78. The van der Waals surface area contributed by atoms with E-state index in [0.29, 0.717) is 0 Å². The summed E-state index contributed by atoms with van der Waals surface area (Å²) in [4.78, 5) is 10.4. The van der Waals surface area contributed by atoms with Crippen molar-refractivity contribution in [1.29, 1.82) is 0 Å². The predicted molar refractivity (Wildman–Crippen MR) is 36.9 cm³/mol. The fourth-order valence-electron chi connectivity index (χ4n) is 0.572. The highest BCUT2D eigenvalue weighted by molar-refractivity contribution is 6.26. The first kappa shape index (κ1) is 11.6. The molecule has 0 aromatic rings. The molecule has 0 spiro atoms. The minimum Gasteiger partial charge on any atom is -0.452 e. The molecule has 0 aliphatic heterocycles. The second-order valence-corrected chi connectivity index (χ2v) is 2.33. The van der Waals surface area contributed by atoms with Gasteiger partial charge in [-0.25, -0.2) is 0 Å². The van der Waals surface area contributed by atoms with Crippen molar-refractivity contribution >= 4 is 17.6 Å². The lowest BCUT2D eigenvalue weighted by Gasteiger charge is -2.18. The van der Waals surface area contributed by atoms with Crippen molar-refractivity contribution in [2.45, 2.75) is 25.6 Å². The highest BCUT2D eigenvalue weighted by atomic mass is 35.5. The number of hydrogen-bond donors (Lipinski definition) is 0. The maximum atomic E-state index is 11.9. The molecule has 0 heterocycles. The number of hydrogen-bond acceptors (Lipinski definition) is 2. The van der Waals surface area contributed by atoms with Crippen LogP contribution in [0.3, 0.4) is 0 Å². The summed E-state index contributed by atoms with van der Waals surface area (Å²) in [7, 11) is 0. The smallest absolute Gasteiger partial charge is 0.425 e. The monoisotopic (exact) mass is 204 g/mol. The van der Waals surface area contributed by atoms with E-state index in [1.54, 1.807) is 0 Å². The predicted octanol–water partition coefficient (Wildman–Crippen LogP) is 2.11. The molecule has 0 radical (unpaired) electrons. The molecule has 12 heavy (non-hydrogen) atoms. The lowest BCUT2D eigenvalue weighted by molar-refractivity contribution is -0.220. The number of alkyl halides is 4. The van der Waals surface area contributed by atoms with Gasteiger partial charge in [-0.3, -0.25) is 4.79 Å². The van der Waals surface area contributed by atoms with E-state index in [1.165, 1.54) is 6.92 Å².